The third kappa shape index (κ3) is 5.11. The molecule has 0 bridgehead atoms. The largest absolute Gasteiger partial charge is 0.355 e. The molecule has 0 fully saturated rings. The minimum absolute atomic E-state index is 0.297. The summed E-state index contributed by atoms with van der Waals surface area (Å²) in [6.07, 6.45) is 20.7. The fourth-order valence-corrected chi connectivity index (χ4v) is 8.18. The van der Waals surface area contributed by atoms with Gasteiger partial charge in [-0.2, -0.15) is 0 Å². The molecule has 50 heavy (non-hydrogen) atoms. The summed E-state index contributed by atoms with van der Waals surface area (Å²) in [5, 5.41) is 3.80. The number of hydrogen-bond acceptors (Lipinski definition) is 1. The van der Waals surface area contributed by atoms with Crippen LogP contribution in [0.15, 0.2) is 189 Å². The highest BCUT2D eigenvalue weighted by Crippen LogP contribution is 2.63. The number of fused-ring (bicyclic) bond motifs is 9. The molecule has 240 valence electrons. The molecule has 3 aliphatic carbocycles. The molecule has 0 amide bonds. The van der Waals surface area contributed by atoms with E-state index in [4.69, 9.17) is 0 Å². The van der Waals surface area contributed by atoms with Gasteiger partial charge in [-0.25, -0.2) is 0 Å². The third-order valence-corrected chi connectivity index (χ3v) is 10.2. The van der Waals surface area contributed by atoms with Crippen LogP contribution in [-0.2, 0) is 5.41 Å². The van der Waals surface area contributed by atoms with Gasteiger partial charge in [-0.05, 0) is 109 Å². The summed E-state index contributed by atoms with van der Waals surface area (Å²) < 4.78 is 0. The smallest absolute Gasteiger partial charge is 0.0689 e. The summed E-state index contributed by atoms with van der Waals surface area (Å²) in [4.78, 5) is 0. The lowest BCUT2D eigenvalue weighted by molar-refractivity contribution is 0.714. The van der Waals surface area contributed by atoms with E-state index in [1.54, 1.807) is 6.08 Å². The predicted molar refractivity (Wildman–Crippen MR) is 215 cm³/mol. The topological polar surface area (TPSA) is 12.0 Å². The van der Waals surface area contributed by atoms with E-state index in [2.05, 4.69) is 165 Å². The van der Waals surface area contributed by atoms with E-state index in [1.165, 1.54) is 44.5 Å². The highest BCUT2D eigenvalue weighted by molar-refractivity contribution is 5.98. The highest BCUT2D eigenvalue weighted by Gasteiger charge is 2.52. The lowest BCUT2D eigenvalue weighted by Crippen LogP contribution is -2.27. The zero-order valence-electron chi connectivity index (χ0n) is 28.2. The molecule has 0 saturated heterocycles. The van der Waals surface area contributed by atoms with Crippen LogP contribution in [0.5, 0.6) is 0 Å². The molecule has 0 unspecified atom stereocenters. The fraction of sp³-hybridized carbons (Fsp3) is 0.0612. The van der Waals surface area contributed by atoms with E-state index in [1.807, 2.05) is 24.3 Å². The van der Waals surface area contributed by atoms with Gasteiger partial charge in [-0.15, -0.1) is 0 Å². The molecule has 5 aromatic rings. The van der Waals surface area contributed by atoms with Crippen molar-refractivity contribution in [2.45, 2.75) is 18.3 Å². The second kappa shape index (κ2) is 13.0. The molecular formula is C49H39N. The van der Waals surface area contributed by atoms with Crippen LogP contribution in [0.4, 0.5) is 11.4 Å². The minimum Gasteiger partial charge on any atom is -0.355 e. The Morgan fingerprint density at radius 1 is 0.660 bits per heavy atom. The number of hydrogen-bond donors (Lipinski definition) is 1. The number of nitrogens with one attached hydrogen (secondary N) is 1. The van der Waals surface area contributed by atoms with Crippen LogP contribution >= 0.6 is 0 Å². The van der Waals surface area contributed by atoms with Crippen molar-refractivity contribution in [2.75, 3.05) is 5.32 Å². The SMILES string of the molecule is C=C/C=C\C(=C)c1cc(Nc2ccc3c(c2)C2(C4=C3C=CCC4)c3ccccc3-c3ccccc32)ccc1C(/C=C/c1ccccc1)=C/C=C. The summed E-state index contributed by atoms with van der Waals surface area (Å²) in [5.74, 6) is 0. The predicted octanol–water partition coefficient (Wildman–Crippen LogP) is 12.9. The van der Waals surface area contributed by atoms with Crippen molar-refractivity contribution in [1.29, 1.82) is 0 Å². The van der Waals surface area contributed by atoms with E-state index in [-0.39, 0.29) is 5.41 Å². The zero-order chi connectivity index (χ0) is 34.1. The second-order valence-electron chi connectivity index (χ2n) is 13.0. The van der Waals surface area contributed by atoms with Gasteiger partial charge in [0.1, 0.15) is 0 Å². The molecule has 1 spiro atoms. The van der Waals surface area contributed by atoms with Crippen LogP contribution in [-0.4, -0.2) is 0 Å². The number of anilines is 2. The molecule has 0 aliphatic heterocycles. The van der Waals surface area contributed by atoms with Gasteiger partial charge in [0.15, 0.2) is 0 Å². The molecule has 8 rings (SSSR count). The maximum atomic E-state index is 4.46. The van der Waals surface area contributed by atoms with E-state index in [0.717, 1.165) is 52.1 Å². The number of benzene rings is 5. The van der Waals surface area contributed by atoms with Crippen LogP contribution in [0, 0.1) is 0 Å². The van der Waals surface area contributed by atoms with E-state index in [0.29, 0.717) is 0 Å². The van der Waals surface area contributed by atoms with Crippen LogP contribution in [0.25, 0.3) is 33.9 Å². The minimum atomic E-state index is -0.297. The Hall–Kier alpha value is -6.18. The maximum absolute atomic E-state index is 4.46. The Morgan fingerprint density at radius 2 is 1.36 bits per heavy atom. The first-order valence-corrected chi connectivity index (χ1v) is 17.3. The Morgan fingerprint density at radius 3 is 2.10 bits per heavy atom. The van der Waals surface area contributed by atoms with Gasteiger partial charge >= 0.3 is 0 Å². The molecule has 0 radical (unpaired) electrons. The quantitative estimate of drug-likeness (QED) is 0.158. The Labute approximate surface area is 296 Å². The monoisotopic (exact) mass is 641 g/mol. The van der Waals surface area contributed by atoms with Crippen molar-refractivity contribution >= 4 is 34.2 Å². The number of rotatable bonds is 9. The van der Waals surface area contributed by atoms with Crippen LogP contribution in [0.2, 0.25) is 0 Å². The Bertz CT molecular complexity index is 2290. The average molecular weight is 642 g/mol. The van der Waals surface area contributed by atoms with Gasteiger partial charge in [-0.3, -0.25) is 0 Å². The zero-order valence-corrected chi connectivity index (χ0v) is 28.2. The maximum Gasteiger partial charge on any atom is 0.0689 e. The van der Waals surface area contributed by atoms with Crippen molar-refractivity contribution in [3.63, 3.8) is 0 Å². The summed E-state index contributed by atoms with van der Waals surface area (Å²) in [5.41, 5.74) is 18.0. The van der Waals surface area contributed by atoms with Gasteiger partial charge in [0.25, 0.3) is 0 Å². The standard InChI is InChI=1S/C49H39N/c1-4-6-17-34(3)44-32-37(28-30-39(44)36(16-5-2)27-26-35-18-8-7-9-19-35)50-38-29-31-43-42-22-12-15-25-47(42)49(48(43)33-38)45-23-13-10-20-40(45)41-21-11-14-24-46(41)49/h4-14,16-24,26-33,50H,1-3,15,25H2/b17-6-,27-26+,36-16+. The molecule has 1 heteroatoms. The lowest BCUT2D eigenvalue weighted by atomic mass is 9.68. The summed E-state index contributed by atoms with van der Waals surface area (Å²) in [7, 11) is 0. The normalized spacial score (nSPS) is 15.2. The Kier molecular flexibility index (Phi) is 8.11. The van der Waals surface area contributed by atoms with Crippen LogP contribution in [0.3, 0.4) is 0 Å². The molecule has 0 atom stereocenters. The van der Waals surface area contributed by atoms with Gasteiger partial charge in [0.2, 0.25) is 0 Å². The highest BCUT2D eigenvalue weighted by atomic mass is 14.9. The van der Waals surface area contributed by atoms with E-state index < -0.39 is 0 Å². The van der Waals surface area contributed by atoms with Crippen molar-refractivity contribution in [2.24, 2.45) is 0 Å². The summed E-state index contributed by atoms with van der Waals surface area (Å²) in [6.45, 7) is 12.4. The molecule has 1 nitrogen and oxygen atoms in total. The summed E-state index contributed by atoms with van der Waals surface area (Å²) in [6, 6.07) is 41.9. The first-order valence-electron chi connectivity index (χ1n) is 17.3. The first-order chi connectivity index (χ1) is 24.6. The van der Waals surface area contributed by atoms with Gasteiger partial charge < -0.3 is 5.32 Å². The lowest BCUT2D eigenvalue weighted by Gasteiger charge is -2.33. The molecule has 3 aliphatic rings. The van der Waals surface area contributed by atoms with Gasteiger partial charge in [0, 0.05) is 11.4 Å². The molecule has 0 heterocycles. The summed E-state index contributed by atoms with van der Waals surface area (Å²) >= 11 is 0. The van der Waals surface area contributed by atoms with Crippen molar-refractivity contribution in [3.8, 4) is 11.1 Å². The third-order valence-electron chi connectivity index (χ3n) is 10.2. The van der Waals surface area contributed by atoms with E-state index >= 15 is 0 Å². The molecule has 1 N–H and O–H groups in total. The Balaban J connectivity index is 1.23. The van der Waals surface area contributed by atoms with Gasteiger partial charge in [-0.1, -0.05) is 165 Å². The van der Waals surface area contributed by atoms with Crippen LogP contribution in [0.1, 0.15) is 51.8 Å². The fourth-order valence-electron chi connectivity index (χ4n) is 8.18. The second-order valence-corrected chi connectivity index (χ2v) is 13.0. The average Bonchev–Trinajstić information content (AvgIpc) is 3.63. The number of allylic oxidation sites excluding steroid dienone is 12. The van der Waals surface area contributed by atoms with Crippen LogP contribution < -0.4 is 5.32 Å². The van der Waals surface area contributed by atoms with Crippen molar-refractivity contribution in [3.05, 3.63) is 228 Å². The van der Waals surface area contributed by atoms with Gasteiger partial charge in [0.05, 0.1) is 5.41 Å². The molecule has 0 saturated carbocycles. The van der Waals surface area contributed by atoms with Crippen molar-refractivity contribution in [1.82, 2.24) is 0 Å². The molecule has 5 aromatic carbocycles. The van der Waals surface area contributed by atoms with Crippen molar-refractivity contribution < 1.29 is 0 Å². The molecular weight excluding hydrogens is 603 g/mol. The van der Waals surface area contributed by atoms with E-state index in [9.17, 15) is 0 Å². The molecule has 0 aromatic heterocycles. The first kappa shape index (κ1) is 31.1.